The van der Waals surface area contributed by atoms with Crippen LogP contribution in [0.15, 0.2) is 0 Å². The minimum absolute atomic E-state index is 0.0710. The fraction of sp³-hybridized carbons (Fsp3) is 0.929. The Balaban J connectivity index is 1.60. The maximum atomic E-state index is 12.6. The standard InChI is InChI=1S/C28H47NO3/c1-17(2)8-7-9-18(3)20-10-11-21-25-19(26(31)32)16-23-28(5,15-13-24(30)29(23)6)22(25)12-14-27(20,21)4/h17-23,25H,7-16H2,1-6H3,(H,31,32). The van der Waals surface area contributed by atoms with Crippen molar-refractivity contribution in [3.05, 3.63) is 0 Å². The molecule has 0 bridgehead atoms. The fourth-order valence-corrected chi connectivity index (χ4v) is 9.41. The summed E-state index contributed by atoms with van der Waals surface area (Å²) in [5.74, 6) is 2.76. The highest BCUT2D eigenvalue weighted by atomic mass is 16.4. The summed E-state index contributed by atoms with van der Waals surface area (Å²) in [6, 6.07) is 0.0858. The van der Waals surface area contributed by atoms with Gasteiger partial charge in [0.05, 0.1) is 5.92 Å². The van der Waals surface area contributed by atoms with E-state index in [0.717, 1.165) is 30.6 Å². The summed E-state index contributed by atoms with van der Waals surface area (Å²) in [5.41, 5.74) is 0.354. The lowest BCUT2D eigenvalue weighted by atomic mass is 9.44. The zero-order chi connectivity index (χ0) is 23.4. The molecule has 4 nitrogen and oxygen atoms in total. The molecule has 1 N–H and O–H groups in total. The van der Waals surface area contributed by atoms with Crippen molar-refractivity contribution in [1.82, 2.24) is 4.90 Å². The highest BCUT2D eigenvalue weighted by Gasteiger charge is 2.64. The monoisotopic (exact) mass is 445 g/mol. The molecule has 4 aliphatic rings. The minimum Gasteiger partial charge on any atom is -0.481 e. The third-order valence-electron chi connectivity index (χ3n) is 11.1. The Morgan fingerprint density at radius 3 is 2.41 bits per heavy atom. The predicted octanol–water partition coefficient (Wildman–Crippen LogP) is 6.24. The summed E-state index contributed by atoms with van der Waals surface area (Å²) in [4.78, 5) is 27.0. The lowest BCUT2D eigenvalue weighted by Gasteiger charge is -2.63. The van der Waals surface area contributed by atoms with Crippen LogP contribution in [-0.2, 0) is 9.59 Å². The van der Waals surface area contributed by atoms with Crippen molar-refractivity contribution in [3.63, 3.8) is 0 Å². The van der Waals surface area contributed by atoms with E-state index in [1.807, 2.05) is 11.9 Å². The van der Waals surface area contributed by atoms with Gasteiger partial charge in [-0.15, -0.1) is 0 Å². The van der Waals surface area contributed by atoms with Crippen LogP contribution in [0.2, 0.25) is 0 Å². The van der Waals surface area contributed by atoms with Gasteiger partial charge in [-0.3, -0.25) is 9.59 Å². The average Bonchev–Trinajstić information content (AvgIpc) is 3.07. The number of hydrogen-bond acceptors (Lipinski definition) is 2. The third-order valence-corrected chi connectivity index (χ3v) is 11.1. The van der Waals surface area contributed by atoms with Crippen molar-refractivity contribution in [1.29, 1.82) is 0 Å². The average molecular weight is 446 g/mol. The third kappa shape index (κ3) is 3.72. The van der Waals surface area contributed by atoms with Crippen molar-refractivity contribution in [2.24, 2.45) is 52.3 Å². The van der Waals surface area contributed by atoms with Gasteiger partial charge < -0.3 is 10.0 Å². The van der Waals surface area contributed by atoms with Gasteiger partial charge >= 0.3 is 5.97 Å². The van der Waals surface area contributed by atoms with Crippen LogP contribution in [0.5, 0.6) is 0 Å². The lowest BCUT2D eigenvalue weighted by molar-refractivity contribution is -0.181. The second-order valence-electron chi connectivity index (χ2n) is 13.0. The minimum atomic E-state index is -0.619. The smallest absolute Gasteiger partial charge is 0.306 e. The second-order valence-corrected chi connectivity index (χ2v) is 13.0. The first-order chi connectivity index (χ1) is 15.0. The number of carboxylic acids is 1. The highest BCUT2D eigenvalue weighted by Crippen LogP contribution is 2.68. The molecule has 0 aromatic heterocycles. The van der Waals surface area contributed by atoms with Crippen molar-refractivity contribution in [2.45, 2.75) is 105 Å². The van der Waals surface area contributed by atoms with Gasteiger partial charge in [-0.05, 0) is 84.9 Å². The van der Waals surface area contributed by atoms with Gasteiger partial charge in [-0.2, -0.15) is 0 Å². The van der Waals surface area contributed by atoms with Crippen molar-refractivity contribution >= 4 is 11.9 Å². The Hall–Kier alpha value is -1.06. The van der Waals surface area contributed by atoms with Crippen molar-refractivity contribution < 1.29 is 14.7 Å². The Labute approximate surface area is 195 Å². The van der Waals surface area contributed by atoms with Gasteiger partial charge in [0.15, 0.2) is 0 Å². The first-order valence-corrected chi connectivity index (χ1v) is 13.5. The molecular formula is C28H47NO3. The number of carbonyl (C=O) groups is 2. The van der Waals surface area contributed by atoms with E-state index in [4.69, 9.17) is 0 Å². The van der Waals surface area contributed by atoms with Crippen LogP contribution in [-0.4, -0.2) is 35.0 Å². The van der Waals surface area contributed by atoms with Crippen molar-refractivity contribution in [3.8, 4) is 0 Å². The number of rotatable bonds is 6. The molecule has 0 aromatic rings. The summed E-state index contributed by atoms with van der Waals surface area (Å²) in [5, 5.41) is 10.3. The van der Waals surface area contributed by atoms with Gasteiger partial charge in [-0.25, -0.2) is 0 Å². The number of carbonyl (C=O) groups excluding carboxylic acids is 1. The largest absolute Gasteiger partial charge is 0.481 e. The number of fused-ring (bicyclic) bond motifs is 5. The molecule has 32 heavy (non-hydrogen) atoms. The molecular weight excluding hydrogens is 398 g/mol. The molecule has 9 atom stereocenters. The van der Waals surface area contributed by atoms with Crippen LogP contribution in [0.4, 0.5) is 0 Å². The van der Waals surface area contributed by atoms with Gasteiger partial charge in [0.25, 0.3) is 0 Å². The van der Waals surface area contributed by atoms with E-state index in [1.54, 1.807) is 0 Å². The highest BCUT2D eigenvalue weighted by molar-refractivity contribution is 5.78. The van der Waals surface area contributed by atoms with Gasteiger partial charge in [0, 0.05) is 19.5 Å². The molecule has 9 unspecified atom stereocenters. The molecule has 1 heterocycles. The zero-order valence-electron chi connectivity index (χ0n) is 21.4. The topological polar surface area (TPSA) is 57.6 Å². The summed E-state index contributed by atoms with van der Waals surface area (Å²) in [6.45, 7) is 12.0. The van der Waals surface area contributed by atoms with Gasteiger partial charge in [0.2, 0.25) is 5.91 Å². The molecule has 0 aromatic carbocycles. The second kappa shape index (κ2) is 8.62. The molecule has 1 saturated heterocycles. The van der Waals surface area contributed by atoms with Crippen LogP contribution >= 0.6 is 0 Å². The number of carboxylic acid groups (broad SMARTS) is 1. The van der Waals surface area contributed by atoms with E-state index in [-0.39, 0.29) is 34.6 Å². The first kappa shape index (κ1) is 24.1. The van der Waals surface area contributed by atoms with E-state index < -0.39 is 5.97 Å². The number of aliphatic carboxylic acids is 1. The Morgan fingerprint density at radius 1 is 1.06 bits per heavy atom. The van der Waals surface area contributed by atoms with Crippen molar-refractivity contribution in [2.75, 3.05) is 7.05 Å². The fourth-order valence-electron chi connectivity index (χ4n) is 9.41. The summed E-state index contributed by atoms with van der Waals surface area (Å²) < 4.78 is 0. The normalized spacial score (nSPS) is 44.7. The SMILES string of the molecule is CC(C)CCCC(C)C1CCC2C3C(C(=O)O)CC4N(C)C(=O)CCC4(C)C3CCC12C. The van der Waals surface area contributed by atoms with Crippen LogP contribution in [0, 0.1) is 52.3 Å². The van der Waals surface area contributed by atoms with E-state index in [1.165, 1.54) is 38.5 Å². The summed E-state index contributed by atoms with van der Waals surface area (Å²) >= 11 is 0. The summed E-state index contributed by atoms with van der Waals surface area (Å²) in [7, 11) is 1.92. The molecule has 1 amide bonds. The lowest BCUT2D eigenvalue weighted by Crippen LogP contribution is -2.64. The number of piperidine rings is 1. The maximum absolute atomic E-state index is 12.6. The Kier molecular flexibility index (Phi) is 6.48. The van der Waals surface area contributed by atoms with E-state index in [0.29, 0.717) is 24.7 Å². The number of hydrogen-bond donors (Lipinski definition) is 1. The molecule has 1 aliphatic heterocycles. The van der Waals surface area contributed by atoms with E-state index in [2.05, 4.69) is 34.6 Å². The predicted molar refractivity (Wildman–Crippen MR) is 128 cm³/mol. The molecule has 4 fully saturated rings. The van der Waals surface area contributed by atoms with E-state index >= 15 is 0 Å². The Bertz CT molecular complexity index is 734. The van der Waals surface area contributed by atoms with Crippen LogP contribution < -0.4 is 0 Å². The quantitative estimate of drug-likeness (QED) is 0.526. The van der Waals surface area contributed by atoms with Gasteiger partial charge in [0.1, 0.15) is 0 Å². The molecule has 4 heteroatoms. The van der Waals surface area contributed by atoms with E-state index in [9.17, 15) is 14.7 Å². The molecule has 4 rings (SSSR count). The molecule has 182 valence electrons. The Morgan fingerprint density at radius 2 is 1.75 bits per heavy atom. The number of nitrogens with zero attached hydrogens (tertiary/aromatic N) is 1. The molecule has 3 aliphatic carbocycles. The van der Waals surface area contributed by atoms with Crippen LogP contribution in [0.1, 0.15) is 98.8 Å². The number of amides is 1. The zero-order valence-corrected chi connectivity index (χ0v) is 21.4. The maximum Gasteiger partial charge on any atom is 0.306 e. The first-order valence-electron chi connectivity index (χ1n) is 13.5. The molecule has 0 spiro atoms. The number of likely N-dealkylation sites (tertiary alicyclic amines) is 1. The van der Waals surface area contributed by atoms with Crippen LogP contribution in [0.3, 0.4) is 0 Å². The molecule has 0 radical (unpaired) electrons. The molecule has 3 saturated carbocycles. The van der Waals surface area contributed by atoms with Crippen LogP contribution in [0.25, 0.3) is 0 Å². The summed E-state index contributed by atoms with van der Waals surface area (Å²) in [6.07, 6.45) is 11.0. The van der Waals surface area contributed by atoms with Gasteiger partial charge in [-0.1, -0.05) is 53.9 Å².